The van der Waals surface area contributed by atoms with Gasteiger partial charge >= 0.3 is 0 Å². The summed E-state index contributed by atoms with van der Waals surface area (Å²) >= 11 is 9.89. The number of halogens is 3. The van der Waals surface area contributed by atoms with Crippen molar-refractivity contribution in [3.63, 3.8) is 0 Å². The highest BCUT2D eigenvalue weighted by atomic mass is 79.9. The highest BCUT2D eigenvalue weighted by Crippen LogP contribution is 2.26. The molecule has 0 amide bonds. The van der Waals surface area contributed by atoms with Crippen molar-refractivity contribution >= 4 is 67.8 Å². The molecule has 2 aromatic rings. The van der Waals surface area contributed by atoms with E-state index >= 15 is 0 Å². The first-order valence-corrected chi connectivity index (χ1v) is 19.5. The molecule has 0 atom stereocenters. The van der Waals surface area contributed by atoms with Crippen LogP contribution in [0.1, 0.15) is 80.4 Å². The minimum Gasteiger partial charge on any atom is -0.396 e. The minimum absolute atomic E-state index is 0.239. The van der Waals surface area contributed by atoms with Crippen molar-refractivity contribution in [2.24, 2.45) is 11.8 Å². The lowest BCUT2D eigenvalue weighted by atomic mass is 10.1. The van der Waals surface area contributed by atoms with Gasteiger partial charge in [-0.25, -0.2) is 26.3 Å². The fourth-order valence-corrected chi connectivity index (χ4v) is 8.22. The monoisotopic (exact) mass is 834 g/mol. The third kappa shape index (κ3) is 18.4. The summed E-state index contributed by atoms with van der Waals surface area (Å²) in [6.45, 7) is 20.3. The van der Waals surface area contributed by atoms with Gasteiger partial charge in [-0.1, -0.05) is 55.8 Å². The number of sulfonamides is 2. The zero-order chi connectivity index (χ0) is 33.8. The molecule has 0 saturated carbocycles. The lowest BCUT2D eigenvalue weighted by molar-refractivity contribution is 0.0969. The zero-order valence-corrected chi connectivity index (χ0v) is 33.3. The number of benzene rings is 2. The molecule has 0 bridgehead atoms. The summed E-state index contributed by atoms with van der Waals surface area (Å²) in [5, 5.41) is 8.77. The third-order valence-corrected chi connectivity index (χ3v) is 10.8. The Labute approximate surface area is 285 Å². The quantitative estimate of drug-likeness (QED) is 0.211. The van der Waals surface area contributed by atoms with Gasteiger partial charge in [0.2, 0.25) is 20.0 Å². The minimum atomic E-state index is -3.56. The van der Waals surface area contributed by atoms with Crippen molar-refractivity contribution in [3.05, 3.63) is 56.5 Å². The maximum atomic E-state index is 12.4. The standard InChI is InChI=1S/C15H24BrNO3S.C11H15Br2NO2S.C4H10O/c1-11(2)9-20-10-12-6-7-13(16)14(8-12)21(18,19)17-15(3,4)5;1-11(2,3)14-17(15,16)10-6-8(7-12)4-5-9(10)13;1-4(2)3-5/h6-8,11,17H,9-10H2,1-5H3;4-6,14H,7H2,1-3H3;4-5H,3H2,1-2H3. The summed E-state index contributed by atoms with van der Waals surface area (Å²) in [6, 6.07) is 10.5. The molecule has 2 rings (SSSR count). The molecule has 0 saturated heterocycles. The van der Waals surface area contributed by atoms with Crippen molar-refractivity contribution in [3.8, 4) is 0 Å². The Bertz CT molecular complexity index is 1350. The van der Waals surface area contributed by atoms with E-state index in [-0.39, 0.29) is 9.79 Å². The first kappa shape index (κ1) is 42.6. The van der Waals surface area contributed by atoms with Crippen LogP contribution < -0.4 is 9.44 Å². The average Bonchev–Trinajstić information content (AvgIpc) is 2.82. The van der Waals surface area contributed by atoms with Crippen molar-refractivity contribution in [1.29, 1.82) is 0 Å². The van der Waals surface area contributed by atoms with Gasteiger partial charge in [-0.3, -0.25) is 0 Å². The van der Waals surface area contributed by atoms with Gasteiger partial charge in [0.15, 0.2) is 0 Å². The van der Waals surface area contributed by atoms with Crippen LogP contribution in [0.25, 0.3) is 0 Å². The van der Waals surface area contributed by atoms with E-state index in [9.17, 15) is 16.8 Å². The highest BCUT2D eigenvalue weighted by Gasteiger charge is 2.25. The van der Waals surface area contributed by atoms with Gasteiger partial charge < -0.3 is 9.84 Å². The number of nitrogens with one attached hydrogen (secondary N) is 2. The highest BCUT2D eigenvalue weighted by molar-refractivity contribution is 9.10. The molecular formula is C30H49Br3N2O6S2. The normalized spacial score (nSPS) is 12.5. The molecule has 0 unspecified atom stereocenters. The molecule has 13 heteroatoms. The predicted octanol–water partition coefficient (Wildman–Crippen LogP) is 7.75. The number of rotatable bonds is 10. The molecule has 0 heterocycles. The number of ether oxygens (including phenoxy) is 1. The van der Waals surface area contributed by atoms with E-state index < -0.39 is 31.1 Å². The molecular weight excluding hydrogens is 788 g/mol. The number of aliphatic hydroxyl groups is 1. The Morgan fingerprint density at radius 2 is 1.12 bits per heavy atom. The number of hydrogen-bond acceptors (Lipinski definition) is 6. The van der Waals surface area contributed by atoms with Gasteiger partial charge in [-0.15, -0.1) is 0 Å². The van der Waals surface area contributed by atoms with Crippen LogP contribution in [0.5, 0.6) is 0 Å². The van der Waals surface area contributed by atoms with Crippen molar-refractivity contribution in [2.75, 3.05) is 13.2 Å². The molecule has 8 nitrogen and oxygen atoms in total. The lowest BCUT2D eigenvalue weighted by Crippen LogP contribution is -2.40. The Morgan fingerprint density at radius 3 is 1.44 bits per heavy atom. The lowest BCUT2D eigenvalue weighted by Gasteiger charge is -2.21. The molecule has 0 aliphatic carbocycles. The summed E-state index contributed by atoms with van der Waals surface area (Å²) in [5.41, 5.74) is 0.737. The van der Waals surface area contributed by atoms with Gasteiger partial charge in [0.05, 0.1) is 16.4 Å². The van der Waals surface area contributed by atoms with Crippen LogP contribution in [0.4, 0.5) is 0 Å². The van der Waals surface area contributed by atoms with Gasteiger partial charge in [0.1, 0.15) is 0 Å². The molecule has 2 aromatic carbocycles. The van der Waals surface area contributed by atoms with Crippen molar-refractivity contribution in [1.82, 2.24) is 9.44 Å². The summed E-state index contributed by atoms with van der Waals surface area (Å²) in [5.74, 6) is 0.890. The number of alkyl halides is 1. The SMILES string of the molecule is CC(C)(C)NS(=O)(=O)c1cc(CBr)ccc1Br.CC(C)CO.CC(C)COCc1ccc(Br)c(S(=O)(=O)NC(C)(C)C)c1. The molecule has 248 valence electrons. The maximum Gasteiger partial charge on any atom is 0.242 e. The van der Waals surface area contributed by atoms with Crippen molar-refractivity contribution in [2.45, 2.75) is 102 Å². The zero-order valence-electron chi connectivity index (χ0n) is 26.9. The summed E-state index contributed by atoms with van der Waals surface area (Å²) in [7, 11) is -7.06. The first-order valence-electron chi connectivity index (χ1n) is 13.8. The summed E-state index contributed by atoms with van der Waals surface area (Å²) in [4.78, 5) is 0.507. The van der Waals surface area contributed by atoms with E-state index in [1.165, 1.54) is 0 Å². The van der Waals surface area contributed by atoms with E-state index in [0.717, 1.165) is 11.1 Å². The summed E-state index contributed by atoms with van der Waals surface area (Å²) < 4.78 is 61.2. The Hall–Kier alpha value is -0.380. The molecule has 0 spiro atoms. The second-order valence-electron chi connectivity index (χ2n) is 12.9. The van der Waals surface area contributed by atoms with Gasteiger partial charge in [-0.05, 0) is 121 Å². The van der Waals surface area contributed by atoms with E-state index in [2.05, 4.69) is 71.1 Å². The van der Waals surface area contributed by atoms with E-state index in [1.54, 1.807) is 24.3 Å². The van der Waals surface area contributed by atoms with Crippen LogP contribution in [0, 0.1) is 11.8 Å². The van der Waals surface area contributed by atoms with Crippen LogP contribution in [-0.2, 0) is 36.7 Å². The Kier molecular flexibility index (Phi) is 18.5. The first-order chi connectivity index (χ1) is 19.4. The molecule has 0 fully saturated rings. The van der Waals surface area contributed by atoms with Gasteiger partial charge in [-0.2, -0.15) is 0 Å². The van der Waals surface area contributed by atoms with E-state index in [4.69, 9.17) is 9.84 Å². The molecule has 0 aliphatic rings. The third-order valence-electron chi connectivity index (χ3n) is 4.69. The molecule has 0 aliphatic heterocycles. The van der Waals surface area contributed by atoms with Gasteiger partial charge in [0, 0.05) is 38.6 Å². The molecule has 0 radical (unpaired) electrons. The van der Waals surface area contributed by atoms with Crippen LogP contribution in [-0.4, -0.2) is 46.2 Å². The van der Waals surface area contributed by atoms with Crippen LogP contribution in [0.15, 0.2) is 55.1 Å². The molecule has 0 aromatic heterocycles. The largest absolute Gasteiger partial charge is 0.396 e. The topological polar surface area (TPSA) is 122 Å². The van der Waals surface area contributed by atoms with Crippen LogP contribution in [0.2, 0.25) is 0 Å². The average molecular weight is 838 g/mol. The second-order valence-corrected chi connectivity index (χ2v) is 18.4. The number of aliphatic hydroxyl groups excluding tert-OH is 1. The fourth-order valence-electron chi connectivity index (χ4n) is 3.01. The number of hydrogen-bond donors (Lipinski definition) is 3. The maximum absolute atomic E-state index is 12.4. The van der Waals surface area contributed by atoms with Crippen molar-refractivity contribution < 1.29 is 26.7 Å². The van der Waals surface area contributed by atoms with E-state index in [0.29, 0.717) is 45.9 Å². The van der Waals surface area contributed by atoms with E-state index in [1.807, 2.05) is 67.5 Å². The predicted molar refractivity (Wildman–Crippen MR) is 187 cm³/mol. The molecule has 43 heavy (non-hydrogen) atoms. The second kappa shape index (κ2) is 18.7. The molecule has 3 N–H and O–H groups in total. The smallest absolute Gasteiger partial charge is 0.242 e. The van der Waals surface area contributed by atoms with Crippen LogP contribution in [0.3, 0.4) is 0 Å². The Balaban J connectivity index is 0.000000720. The van der Waals surface area contributed by atoms with Gasteiger partial charge in [0.25, 0.3) is 0 Å². The van der Waals surface area contributed by atoms with Crippen LogP contribution >= 0.6 is 47.8 Å². The fraction of sp³-hybridized carbons (Fsp3) is 0.600. The Morgan fingerprint density at radius 1 is 0.744 bits per heavy atom. The summed E-state index contributed by atoms with van der Waals surface area (Å²) in [6.07, 6.45) is 0.